The molecule has 1 atom stereocenters. The van der Waals surface area contributed by atoms with Crippen LogP contribution in [0.1, 0.15) is 47.0 Å². The molecule has 1 unspecified atom stereocenters. The van der Waals surface area contributed by atoms with Crippen LogP contribution in [0.4, 0.5) is 0 Å². The fraction of sp³-hybridized carbons (Fsp3) is 0.933. The smallest absolute Gasteiger partial charge is 0.226 e. The van der Waals surface area contributed by atoms with Gasteiger partial charge in [0.1, 0.15) is 0 Å². The summed E-state index contributed by atoms with van der Waals surface area (Å²) in [5, 5.41) is 3.51. The van der Waals surface area contributed by atoms with Gasteiger partial charge in [0.25, 0.3) is 0 Å². The molecule has 18 heavy (non-hydrogen) atoms. The molecule has 1 aliphatic carbocycles. The van der Waals surface area contributed by atoms with Crippen molar-refractivity contribution in [3.05, 3.63) is 0 Å². The van der Waals surface area contributed by atoms with E-state index in [4.69, 9.17) is 0 Å². The number of likely N-dealkylation sites (N-methyl/N-ethyl adjacent to an activating group) is 1. The van der Waals surface area contributed by atoms with E-state index in [1.54, 1.807) is 0 Å². The molecule has 3 heteroatoms. The molecular weight excluding hydrogens is 224 g/mol. The lowest BCUT2D eigenvalue weighted by Gasteiger charge is -2.28. The maximum Gasteiger partial charge on any atom is 0.226 e. The Kier molecular flexibility index (Phi) is 3.48. The number of nitrogens with one attached hydrogen (secondary N) is 1. The molecule has 2 fully saturated rings. The highest BCUT2D eigenvalue weighted by atomic mass is 16.2. The van der Waals surface area contributed by atoms with E-state index in [1.165, 1.54) is 19.3 Å². The van der Waals surface area contributed by atoms with Crippen molar-refractivity contribution in [2.75, 3.05) is 20.1 Å². The van der Waals surface area contributed by atoms with Crippen molar-refractivity contribution in [1.82, 2.24) is 10.2 Å². The predicted molar refractivity (Wildman–Crippen MR) is 74.3 cm³/mol. The lowest BCUT2D eigenvalue weighted by Crippen LogP contribution is -2.45. The average Bonchev–Trinajstić information content (AvgIpc) is 2.70. The summed E-state index contributed by atoms with van der Waals surface area (Å²) in [5.41, 5.74) is 0.302. The van der Waals surface area contributed by atoms with Gasteiger partial charge in [-0.1, -0.05) is 34.1 Å². The first-order valence-corrected chi connectivity index (χ1v) is 7.27. The van der Waals surface area contributed by atoms with Crippen LogP contribution < -0.4 is 5.32 Å². The second kappa shape index (κ2) is 4.52. The van der Waals surface area contributed by atoms with Crippen LogP contribution in [0.2, 0.25) is 0 Å². The number of amides is 1. The highest BCUT2D eigenvalue weighted by Gasteiger charge is 2.68. The number of rotatable bonds is 3. The summed E-state index contributed by atoms with van der Waals surface area (Å²) in [6.07, 6.45) is 3.77. The number of hydrogen-bond acceptors (Lipinski definition) is 2. The molecule has 0 aromatic heterocycles. The predicted octanol–water partition coefficient (Wildman–Crippen LogP) is 2.27. The second-order valence-electron chi connectivity index (χ2n) is 7.24. The highest BCUT2D eigenvalue weighted by molar-refractivity contribution is 5.84. The number of carbonyl (C=O) groups excluding carboxylic acids is 1. The highest BCUT2D eigenvalue weighted by Crippen LogP contribution is 2.68. The standard InChI is InChI=1S/C15H28N2O/c1-14(2)12(15(14,3)4)13(18)17(5)10-11-8-6-7-9-16-11/h11-12,16H,6-10H2,1-5H3. The van der Waals surface area contributed by atoms with Crippen molar-refractivity contribution in [3.8, 4) is 0 Å². The third-order valence-electron chi connectivity index (χ3n) is 5.55. The van der Waals surface area contributed by atoms with Gasteiger partial charge in [0.2, 0.25) is 5.91 Å². The first-order valence-electron chi connectivity index (χ1n) is 7.27. The van der Waals surface area contributed by atoms with E-state index >= 15 is 0 Å². The van der Waals surface area contributed by atoms with Crippen LogP contribution in [0.5, 0.6) is 0 Å². The molecule has 2 aliphatic rings. The first kappa shape index (κ1) is 13.9. The van der Waals surface area contributed by atoms with E-state index in [1.807, 2.05) is 11.9 Å². The van der Waals surface area contributed by atoms with Gasteiger partial charge in [0.05, 0.1) is 0 Å². The molecule has 1 saturated carbocycles. The second-order valence-corrected chi connectivity index (χ2v) is 7.24. The summed E-state index contributed by atoms with van der Waals surface area (Å²) in [7, 11) is 1.96. The van der Waals surface area contributed by atoms with Gasteiger partial charge in [0, 0.05) is 25.6 Å². The number of carbonyl (C=O) groups is 1. The van der Waals surface area contributed by atoms with E-state index < -0.39 is 0 Å². The number of piperidine rings is 1. The molecule has 104 valence electrons. The van der Waals surface area contributed by atoms with Crippen molar-refractivity contribution in [2.45, 2.75) is 53.0 Å². The summed E-state index contributed by atoms with van der Waals surface area (Å²) in [4.78, 5) is 14.5. The Hall–Kier alpha value is -0.570. The SMILES string of the molecule is CN(CC1CCCCN1)C(=O)C1C(C)(C)C1(C)C. The summed E-state index contributed by atoms with van der Waals surface area (Å²) >= 11 is 0. The van der Waals surface area contributed by atoms with Gasteiger partial charge in [-0.15, -0.1) is 0 Å². The Morgan fingerprint density at radius 2 is 1.83 bits per heavy atom. The van der Waals surface area contributed by atoms with Gasteiger partial charge in [-0.05, 0) is 30.2 Å². The monoisotopic (exact) mass is 252 g/mol. The van der Waals surface area contributed by atoms with E-state index in [2.05, 4.69) is 33.0 Å². The van der Waals surface area contributed by atoms with Gasteiger partial charge < -0.3 is 10.2 Å². The van der Waals surface area contributed by atoms with E-state index in [0.717, 1.165) is 13.1 Å². The third-order valence-corrected chi connectivity index (χ3v) is 5.55. The van der Waals surface area contributed by atoms with Crippen molar-refractivity contribution in [3.63, 3.8) is 0 Å². The van der Waals surface area contributed by atoms with Gasteiger partial charge >= 0.3 is 0 Å². The Labute approximate surface area is 111 Å². The molecule has 0 aromatic carbocycles. The number of nitrogens with zero attached hydrogens (tertiary/aromatic N) is 1. The zero-order chi connectivity index (χ0) is 13.6. The molecule has 1 aliphatic heterocycles. The minimum absolute atomic E-state index is 0.151. The fourth-order valence-corrected chi connectivity index (χ4v) is 3.53. The summed E-state index contributed by atoms with van der Waals surface area (Å²) < 4.78 is 0. The van der Waals surface area contributed by atoms with Crippen LogP contribution in [0.3, 0.4) is 0 Å². The quantitative estimate of drug-likeness (QED) is 0.835. The molecule has 2 rings (SSSR count). The van der Waals surface area contributed by atoms with Gasteiger partial charge in [0.15, 0.2) is 0 Å². The minimum Gasteiger partial charge on any atom is -0.344 e. The van der Waals surface area contributed by atoms with Crippen LogP contribution in [-0.2, 0) is 4.79 Å². The number of hydrogen-bond donors (Lipinski definition) is 1. The maximum absolute atomic E-state index is 12.5. The van der Waals surface area contributed by atoms with Crippen molar-refractivity contribution in [2.24, 2.45) is 16.7 Å². The average molecular weight is 252 g/mol. The molecule has 0 spiro atoms. The van der Waals surface area contributed by atoms with Gasteiger partial charge in [-0.25, -0.2) is 0 Å². The lowest BCUT2D eigenvalue weighted by atomic mass is 10.0. The molecular formula is C15H28N2O. The zero-order valence-electron chi connectivity index (χ0n) is 12.5. The van der Waals surface area contributed by atoms with Crippen molar-refractivity contribution in [1.29, 1.82) is 0 Å². The van der Waals surface area contributed by atoms with Crippen LogP contribution in [0.25, 0.3) is 0 Å². The molecule has 3 nitrogen and oxygen atoms in total. The summed E-state index contributed by atoms with van der Waals surface area (Å²) in [6.45, 7) is 10.8. The third kappa shape index (κ3) is 2.18. The van der Waals surface area contributed by atoms with Crippen molar-refractivity contribution < 1.29 is 4.79 Å². The Morgan fingerprint density at radius 1 is 1.22 bits per heavy atom. The topological polar surface area (TPSA) is 32.3 Å². The maximum atomic E-state index is 12.5. The zero-order valence-corrected chi connectivity index (χ0v) is 12.5. The van der Waals surface area contributed by atoms with E-state index in [-0.39, 0.29) is 16.7 Å². The van der Waals surface area contributed by atoms with Gasteiger partial charge in [-0.2, -0.15) is 0 Å². The molecule has 0 bridgehead atoms. The summed E-state index contributed by atoms with van der Waals surface area (Å²) in [6, 6.07) is 0.498. The molecule has 1 saturated heterocycles. The molecule has 1 amide bonds. The lowest BCUT2D eigenvalue weighted by molar-refractivity contribution is -0.132. The van der Waals surface area contributed by atoms with Crippen molar-refractivity contribution >= 4 is 5.91 Å². The van der Waals surface area contributed by atoms with Crippen LogP contribution in [0.15, 0.2) is 0 Å². The molecule has 1 heterocycles. The minimum atomic E-state index is 0.151. The van der Waals surface area contributed by atoms with E-state index in [9.17, 15) is 4.79 Å². The normalized spacial score (nSPS) is 29.9. The molecule has 1 N–H and O–H groups in total. The molecule has 0 radical (unpaired) electrons. The Balaban J connectivity index is 1.90. The summed E-state index contributed by atoms with van der Waals surface area (Å²) in [5.74, 6) is 0.524. The first-order chi connectivity index (χ1) is 8.28. The van der Waals surface area contributed by atoms with Gasteiger partial charge in [-0.3, -0.25) is 4.79 Å². The van der Waals surface area contributed by atoms with Crippen LogP contribution >= 0.6 is 0 Å². The van der Waals surface area contributed by atoms with E-state index in [0.29, 0.717) is 11.9 Å². The Morgan fingerprint density at radius 3 is 2.28 bits per heavy atom. The van der Waals surface area contributed by atoms with Crippen LogP contribution in [0, 0.1) is 16.7 Å². The van der Waals surface area contributed by atoms with Crippen LogP contribution in [-0.4, -0.2) is 37.0 Å². The largest absolute Gasteiger partial charge is 0.344 e. The fourth-order valence-electron chi connectivity index (χ4n) is 3.53. The Bertz CT molecular complexity index is 315. The molecule has 0 aromatic rings.